The maximum atomic E-state index is 5.29. The van der Waals surface area contributed by atoms with Crippen LogP contribution < -0.4 is 0 Å². The molecule has 0 bridgehead atoms. The summed E-state index contributed by atoms with van der Waals surface area (Å²) in [6.45, 7) is 0. The molecule has 0 fully saturated rings. The molecule has 6 nitrogen and oxygen atoms in total. The standard InChI is InChI=1S/C15H11N5OS2/c1-2-5-11(6-3-1)20-10-16-18-15(20)23-9-13-17-14(21-19-13)12-7-4-8-22-12/h1-8,10H,9H2. The first-order valence-corrected chi connectivity index (χ1v) is 8.71. The summed E-state index contributed by atoms with van der Waals surface area (Å²) < 4.78 is 7.22. The minimum Gasteiger partial charge on any atom is -0.333 e. The molecule has 0 radical (unpaired) electrons. The maximum absolute atomic E-state index is 5.29. The monoisotopic (exact) mass is 341 g/mol. The minimum absolute atomic E-state index is 0.556. The van der Waals surface area contributed by atoms with Gasteiger partial charge in [-0.15, -0.1) is 21.5 Å². The molecule has 8 heteroatoms. The highest BCUT2D eigenvalue weighted by molar-refractivity contribution is 7.98. The smallest absolute Gasteiger partial charge is 0.268 e. The van der Waals surface area contributed by atoms with Gasteiger partial charge in [0.15, 0.2) is 11.0 Å². The Morgan fingerprint density at radius 1 is 1.13 bits per heavy atom. The van der Waals surface area contributed by atoms with E-state index in [0.29, 0.717) is 17.5 Å². The van der Waals surface area contributed by atoms with Crippen molar-refractivity contribution in [1.82, 2.24) is 24.9 Å². The van der Waals surface area contributed by atoms with Gasteiger partial charge in [-0.25, -0.2) is 0 Å². The van der Waals surface area contributed by atoms with Crippen molar-refractivity contribution in [2.45, 2.75) is 10.9 Å². The predicted octanol–water partition coefficient (Wildman–Crippen LogP) is 3.67. The first-order valence-electron chi connectivity index (χ1n) is 6.85. The molecule has 0 aliphatic rings. The van der Waals surface area contributed by atoms with Crippen molar-refractivity contribution in [3.05, 3.63) is 60.0 Å². The van der Waals surface area contributed by atoms with Gasteiger partial charge in [0.2, 0.25) is 0 Å². The van der Waals surface area contributed by atoms with Crippen LogP contribution in [0.25, 0.3) is 16.5 Å². The number of benzene rings is 1. The second-order valence-electron chi connectivity index (χ2n) is 4.60. The van der Waals surface area contributed by atoms with E-state index in [1.165, 1.54) is 11.8 Å². The number of hydrogen-bond acceptors (Lipinski definition) is 7. The van der Waals surface area contributed by atoms with E-state index in [-0.39, 0.29) is 0 Å². The number of rotatable bonds is 5. The fourth-order valence-corrected chi connectivity index (χ4v) is 3.45. The predicted molar refractivity (Wildman–Crippen MR) is 88.5 cm³/mol. The van der Waals surface area contributed by atoms with Crippen LogP contribution in [0.15, 0.2) is 63.9 Å². The molecule has 0 N–H and O–H groups in total. The summed E-state index contributed by atoms with van der Waals surface area (Å²) in [7, 11) is 0. The van der Waals surface area contributed by atoms with Gasteiger partial charge in [0.05, 0.1) is 10.6 Å². The number of aromatic nitrogens is 5. The Bertz CT molecular complexity index is 886. The minimum atomic E-state index is 0.556. The number of thiophene rings is 1. The topological polar surface area (TPSA) is 69.6 Å². The van der Waals surface area contributed by atoms with Crippen molar-refractivity contribution < 1.29 is 4.52 Å². The van der Waals surface area contributed by atoms with Gasteiger partial charge in [0, 0.05) is 5.69 Å². The third-order valence-corrected chi connectivity index (χ3v) is 4.88. The molecule has 0 saturated carbocycles. The van der Waals surface area contributed by atoms with Crippen molar-refractivity contribution >= 4 is 23.1 Å². The molecular weight excluding hydrogens is 330 g/mol. The van der Waals surface area contributed by atoms with E-state index in [1.54, 1.807) is 17.7 Å². The molecule has 114 valence electrons. The lowest BCUT2D eigenvalue weighted by Crippen LogP contribution is -1.95. The zero-order chi connectivity index (χ0) is 15.5. The maximum Gasteiger partial charge on any atom is 0.268 e. The molecule has 0 amide bonds. The second kappa shape index (κ2) is 6.35. The van der Waals surface area contributed by atoms with Gasteiger partial charge < -0.3 is 4.52 Å². The van der Waals surface area contributed by atoms with Crippen molar-refractivity contribution in [1.29, 1.82) is 0 Å². The summed E-state index contributed by atoms with van der Waals surface area (Å²) in [5, 5.41) is 14.9. The SMILES string of the molecule is c1ccc(-n2cnnc2SCc2noc(-c3cccs3)n2)cc1. The summed E-state index contributed by atoms with van der Waals surface area (Å²) in [4.78, 5) is 5.38. The summed E-state index contributed by atoms with van der Waals surface area (Å²) in [5.74, 6) is 1.77. The lowest BCUT2D eigenvalue weighted by atomic mass is 10.3. The highest BCUT2D eigenvalue weighted by Crippen LogP contribution is 2.25. The van der Waals surface area contributed by atoms with E-state index in [0.717, 1.165) is 15.7 Å². The number of hydrogen-bond donors (Lipinski definition) is 0. The van der Waals surface area contributed by atoms with Gasteiger partial charge in [0.25, 0.3) is 5.89 Å². The Kier molecular flexibility index (Phi) is 3.91. The quantitative estimate of drug-likeness (QED) is 0.516. The average Bonchev–Trinajstić information content (AvgIpc) is 3.33. The molecule has 0 unspecified atom stereocenters. The Morgan fingerprint density at radius 2 is 2.04 bits per heavy atom. The number of para-hydroxylation sites is 1. The molecule has 1 aromatic carbocycles. The summed E-state index contributed by atoms with van der Waals surface area (Å²) >= 11 is 3.10. The van der Waals surface area contributed by atoms with Crippen LogP contribution in [0.3, 0.4) is 0 Å². The zero-order valence-corrected chi connectivity index (χ0v) is 13.5. The number of thioether (sulfide) groups is 1. The van der Waals surface area contributed by atoms with E-state index >= 15 is 0 Å². The fraction of sp³-hybridized carbons (Fsp3) is 0.0667. The van der Waals surface area contributed by atoms with Gasteiger partial charge >= 0.3 is 0 Å². The molecule has 23 heavy (non-hydrogen) atoms. The highest BCUT2D eigenvalue weighted by Gasteiger charge is 2.12. The van der Waals surface area contributed by atoms with Crippen LogP contribution in [-0.2, 0) is 5.75 Å². The average molecular weight is 341 g/mol. The highest BCUT2D eigenvalue weighted by atomic mass is 32.2. The molecular formula is C15H11N5OS2. The lowest BCUT2D eigenvalue weighted by Gasteiger charge is -2.04. The van der Waals surface area contributed by atoms with Crippen molar-refractivity contribution in [3.63, 3.8) is 0 Å². The Morgan fingerprint density at radius 3 is 2.87 bits per heavy atom. The van der Waals surface area contributed by atoms with Crippen LogP contribution in [0, 0.1) is 0 Å². The van der Waals surface area contributed by atoms with Gasteiger partial charge in [-0.3, -0.25) is 4.57 Å². The molecule has 3 aromatic heterocycles. The Labute approximate surface area is 140 Å². The van der Waals surface area contributed by atoms with E-state index in [4.69, 9.17) is 4.52 Å². The van der Waals surface area contributed by atoms with Crippen molar-refractivity contribution in [2.75, 3.05) is 0 Å². The number of nitrogens with zero attached hydrogens (tertiary/aromatic N) is 5. The lowest BCUT2D eigenvalue weighted by molar-refractivity contribution is 0.426. The molecule has 4 aromatic rings. The largest absolute Gasteiger partial charge is 0.333 e. The summed E-state index contributed by atoms with van der Waals surface area (Å²) in [6, 6.07) is 13.9. The van der Waals surface area contributed by atoms with E-state index in [1.807, 2.05) is 52.4 Å². The Hall–Kier alpha value is -2.45. The van der Waals surface area contributed by atoms with Crippen LogP contribution in [0.2, 0.25) is 0 Å². The first-order chi connectivity index (χ1) is 11.4. The second-order valence-corrected chi connectivity index (χ2v) is 6.49. The molecule has 0 saturated heterocycles. The van der Waals surface area contributed by atoms with Crippen LogP contribution in [0.5, 0.6) is 0 Å². The first kappa shape index (κ1) is 14.2. The van der Waals surface area contributed by atoms with Gasteiger partial charge in [-0.05, 0) is 23.6 Å². The third kappa shape index (κ3) is 3.03. The van der Waals surface area contributed by atoms with E-state index in [2.05, 4.69) is 20.3 Å². The molecule has 0 aliphatic carbocycles. The van der Waals surface area contributed by atoms with Crippen LogP contribution >= 0.6 is 23.1 Å². The molecule has 0 aliphatic heterocycles. The van der Waals surface area contributed by atoms with Crippen LogP contribution in [0.4, 0.5) is 0 Å². The summed E-state index contributed by atoms with van der Waals surface area (Å²) in [6.07, 6.45) is 1.70. The van der Waals surface area contributed by atoms with Gasteiger partial charge in [0.1, 0.15) is 6.33 Å². The van der Waals surface area contributed by atoms with Crippen molar-refractivity contribution in [3.8, 4) is 16.5 Å². The molecule has 0 atom stereocenters. The van der Waals surface area contributed by atoms with Gasteiger partial charge in [-0.1, -0.05) is 41.2 Å². The van der Waals surface area contributed by atoms with Crippen LogP contribution in [0.1, 0.15) is 5.82 Å². The van der Waals surface area contributed by atoms with E-state index < -0.39 is 0 Å². The molecule has 3 heterocycles. The molecule has 4 rings (SSSR count). The normalized spacial score (nSPS) is 11.0. The van der Waals surface area contributed by atoms with Gasteiger partial charge in [-0.2, -0.15) is 4.98 Å². The third-order valence-electron chi connectivity index (χ3n) is 3.08. The van der Waals surface area contributed by atoms with Crippen molar-refractivity contribution in [2.24, 2.45) is 0 Å². The fourth-order valence-electron chi connectivity index (χ4n) is 2.03. The summed E-state index contributed by atoms with van der Waals surface area (Å²) in [5.41, 5.74) is 1.02. The van der Waals surface area contributed by atoms with E-state index in [9.17, 15) is 0 Å². The molecule has 0 spiro atoms. The van der Waals surface area contributed by atoms with Crippen LogP contribution in [-0.4, -0.2) is 24.9 Å². The Balaban J connectivity index is 1.49. The zero-order valence-electron chi connectivity index (χ0n) is 11.9.